The van der Waals surface area contributed by atoms with E-state index in [4.69, 9.17) is 14.7 Å². The summed E-state index contributed by atoms with van der Waals surface area (Å²) in [5, 5.41) is 9.05. The highest BCUT2D eigenvalue weighted by Crippen LogP contribution is 2.55. The van der Waals surface area contributed by atoms with E-state index >= 15 is 0 Å². The van der Waals surface area contributed by atoms with Crippen LogP contribution in [0, 0.1) is 24.2 Å². The molecule has 2 heterocycles. The van der Waals surface area contributed by atoms with Crippen LogP contribution in [0.25, 0.3) is 0 Å². The lowest BCUT2D eigenvalue weighted by Crippen LogP contribution is -2.44. The summed E-state index contributed by atoms with van der Waals surface area (Å²) in [5.41, 5.74) is 0.943. The maximum atomic E-state index is 13.5. The molecule has 2 fully saturated rings. The van der Waals surface area contributed by atoms with Crippen molar-refractivity contribution in [2.45, 2.75) is 75.7 Å². The highest BCUT2D eigenvalue weighted by atomic mass is 32.2. The Hall–Kier alpha value is -2.89. The van der Waals surface area contributed by atoms with Gasteiger partial charge in [-0.1, -0.05) is 43.7 Å². The molecule has 4 rings (SSSR count). The van der Waals surface area contributed by atoms with Crippen molar-refractivity contribution in [3.8, 4) is 6.07 Å². The van der Waals surface area contributed by atoms with Crippen LogP contribution in [0.15, 0.2) is 53.4 Å². The van der Waals surface area contributed by atoms with Crippen LogP contribution >= 0.6 is 0 Å². The minimum Gasteiger partial charge on any atom is -0.442 e. The molecule has 180 valence electrons. The number of benzene rings is 2. The van der Waals surface area contributed by atoms with Crippen molar-refractivity contribution in [2.75, 3.05) is 0 Å². The van der Waals surface area contributed by atoms with Gasteiger partial charge in [0, 0.05) is 6.42 Å². The Morgan fingerprint density at radius 1 is 1.18 bits per heavy atom. The van der Waals surface area contributed by atoms with Crippen molar-refractivity contribution < 1.29 is 22.7 Å². The molecule has 0 radical (unpaired) electrons. The van der Waals surface area contributed by atoms with Gasteiger partial charge in [0.1, 0.15) is 11.7 Å². The number of hydrogen-bond acceptors (Lipinski definition) is 6. The van der Waals surface area contributed by atoms with E-state index in [9.17, 15) is 13.2 Å². The highest BCUT2D eigenvalue weighted by molar-refractivity contribution is 7.89. The fourth-order valence-corrected chi connectivity index (χ4v) is 6.14. The van der Waals surface area contributed by atoms with Gasteiger partial charge in [0.05, 0.1) is 28.7 Å². The Balaban J connectivity index is 1.64. The molecule has 34 heavy (non-hydrogen) atoms. The third kappa shape index (κ3) is 4.30. The van der Waals surface area contributed by atoms with Crippen molar-refractivity contribution in [3.05, 3.63) is 65.2 Å². The average molecular weight is 483 g/mol. The van der Waals surface area contributed by atoms with Crippen molar-refractivity contribution >= 4 is 16.1 Å². The number of carbonyl (C=O) groups is 1. The summed E-state index contributed by atoms with van der Waals surface area (Å²) in [6, 6.07) is 14.8. The second-order valence-electron chi connectivity index (χ2n) is 9.84. The van der Waals surface area contributed by atoms with Gasteiger partial charge in [-0.3, -0.25) is 0 Å². The van der Waals surface area contributed by atoms with E-state index in [1.54, 1.807) is 36.4 Å². The lowest BCUT2D eigenvalue weighted by atomic mass is 9.75. The van der Waals surface area contributed by atoms with Gasteiger partial charge in [0.2, 0.25) is 0 Å². The first-order valence-corrected chi connectivity index (χ1v) is 12.9. The van der Waals surface area contributed by atoms with Crippen molar-refractivity contribution in [2.24, 2.45) is 5.92 Å². The van der Waals surface area contributed by atoms with Crippen LogP contribution in [-0.2, 0) is 26.0 Å². The molecule has 2 aromatic rings. The summed E-state index contributed by atoms with van der Waals surface area (Å²) in [6.07, 6.45) is 0.733. The van der Waals surface area contributed by atoms with E-state index in [-0.39, 0.29) is 23.0 Å². The summed E-state index contributed by atoms with van der Waals surface area (Å²) in [7, 11) is -4.18. The maximum absolute atomic E-state index is 13.5. The number of rotatable bonds is 6. The smallest absolute Gasteiger partial charge is 0.424 e. The zero-order chi connectivity index (χ0) is 24.7. The Kier molecular flexibility index (Phi) is 6.21. The fourth-order valence-electron chi connectivity index (χ4n) is 4.85. The molecule has 1 amide bonds. The maximum Gasteiger partial charge on any atom is 0.424 e. The van der Waals surface area contributed by atoms with Gasteiger partial charge < -0.3 is 9.47 Å². The second-order valence-corrected chi connectivity index (χ2v) is 11.7. The van der Waals surface area contributed by atoms with Crippen LogP contribution in [0.3, 0.4) is 0 Å². The van der Waals surface area contributed by atoms with E-state index in [1.807, 2.05) is 19.9 Å². The summed E-state index contributed by atoms with van der Waals surface area (Å²) >= 11 is 0. The van der Waals surface area contributed by atoms with Gasteiger partial charge in [0.25, 0.3) is 10.0 Å². The molecule has 0 spiro atoms. The Labute approximate surface area is 201 Å². The summed E-state index contributed by atoms with van der Waals surface area (Å²) in [5.74, 6) is 0.254. The molecular formula is C26H30N2O5S. The fraction of sp³-hybridized carbons (Fsp3) is 0.462. The number of sulfonamides is 1. The predicted octanol–water partition coefficient (Wildman–Crippen LogP) is 4.93. The van der Waals surface area contributed by atoms with Crippen LogP contribution in [0.4, 0.5) is 4.79 Å². The third-order valence-electron chi connectivity index (χ3n) is 7.21. The first kappa shape index (κ1) is 24.2. The van der Waals surface area contributed by atoms with Crippen molar-refractivity contribution in [1.82, 2.24) is 4.31 Å². The topological polar surface area (TPSA) is 96.7 Å². The lowest BCUT2D eigenvalue weighted by molar-refractivity contribution is -0.0827. The largest absolute Gasteiger partial charge is 0.442 e. The lowest BCUT2D eigenvalue weighted by Gasteiger charge is -2.32. The molecule has 0 unspecified atom stereocenters. The molecule has 0 saturated carbocycles. The number of nitrogens with zero attached hydrogens (tertiary/aromatic N) is 2. The van der Waals surface area contributed by atoms with Crippen molar-refractivity contribution in [1.29, 1.82) is 5.26 Å². The number of ether oxygens (including phenoxy) is 2. The summed E-state index contributed by atoms with van der Waals surface area (Å²) < 4.78 is 40.1. The molecule has 7 nitrogen and oxygen atoms in total. The molecule has 2 aliphatic rings. The predicted molar refractivity (Wildman–Crippen MR) is 126 cm³/mol. The Morgan fingerprint density at radius 2 is 1.82 bits per heavy atom. The van der Waals surface area contributed by atoms with E-state index in [0.29, 0.717) is 17.5 Å². The van der Waals surface area contributed by atoms with Crippen LogP contribution in [-0.4, -0.2) is 36.1 Å². The van der Waals surface area contributed by atoms with Crippen LogP contribution in [0.2, 0.25) is 0 Å². The van der Waals surface area contributed by atoms with E-state index in [0.717, 1.165) is 22.7 Å². The zero-order valence-corrected chi connectivity index (χ0v) is 20.8. The number of carbonyl (C=O) groups excluding carboxylic acids is 1. The second kappa shape index (κ2) is 8.71. The van der Waals surface area contributed by atoms with Crippen LogP contribution in [0.1, 0.15) is 56.7 Å². The first-order valence-electron chi connectivity index (χ1n) is 11.5. The molecular weight excluding hydrogens is 452 g/mol. The Bertz CT molecular complexity index is 1220. The summed E-state index contributed by atoms with van der Waals surface area (Å²) in [4.78, 5) is 13.4. The van der Waals surface area contributed by atoms with Gasteiger partial charge in [-0.2, -0.15) is 9.57 Å². The molecule has 0 N–H and O–H groups in total. The van der Waals surface area contributed by atoms with Gasteiger partial charge in [0.15, 0.2) is 0 Å². The van der Waals surface area contributed by atoms with E-state index in [2.05, 4.69) is 13.8 Å². The molecule has 2 aromatic carbocycles. The minimum atomic E-state index is -4.18. The standard InChI is InChI=1S/C26H30N2O5S/c1-18(2)26-14-13-25(4,33-26)23(15-26)32-24(29)28(17-21-9-7-20(16-27)8-10-21)34(30,31)22-11-5-19(3)6-12-22/h5-12,18,23H,13-15,17H2,1-4H3/t23-,25+,26+/m0/s1. The minimum absolute atomic E-state index is 0.0118. The summed E-state index contributed by atoms with van der Waals surface area (Å²) in [6.45, 7) is 7.77. The molecule has 0 aliphatic carbocycles. The molecule has 2 saturated heterocycles. The van der Waals surface area contributed by atoms with Gasteiger partial charge in [-0.15, -0.1) is 0 Å². The molecule has 2 aliphatic heterocycles. The SMILES string of the molecule is Cc1ccc(S(=O)(=O)N(Cc2ccc(C#N)cc2)C(=O)O[C@H]2C[C@@]3(C(C)C)CC[C@@]2(C)O3)cc1. The number of aryl methyl sites for hydroxylation is 1. The highest BCUT2D eigenvalue weighted by Gasteiger charge is 2.62. The monoisotopic (exact) mass is 482 g/mol. The quantitative estimate of drug-likeness (QED) is 0.579. The number of amides is 1. The number of fused-ring (bicyclic) bond motifs is 2. The normalized spacial score (nSPS) is 25.8. The van der Waals surface area contributed by atoms with Crippen molar-refractivity contribution in [3.63, 3.8) is 0 Å². The third-order valence-corrected chi connectivity index (χ3v) is 8.94. The van der Waals surface area contributed by atoms with Crippen LogP contribution < -0.4 is 0 Å². The average Bonchev–Trinajstić information content (AvgIpc) is 3.30. The molecule has 0 aromatic heterocycles. The first-order chi connectivity index (χ1) is 16.0. The molecule has 3 atom stereocenters. The van der Waals surface area contributed by atoms with Gasteiger partial charge in [-0.25, -0.2) is 13.2 Å². The van der Waals surface area contributed by atoms with Gasteiger partial charge in [-0.05, 0) is 62.4 Å². The van der Waals surface area contributed by atoms with E-state index < -0.39 is 27.8 Å². The van der Waals surface area contributed by atoms with Gasteiger partial charge >= 0.3 is 6.09 Å². The van der Waals surface area contributed by atoms with Crippen LogP contribution in [0.5, 0.6) is 0 Å². The molecule has 8 heteroatoms. The number of nitriles is 1. The Morgan fingerprint density at radius 3 is 2.38 bits per heavy atom. The number of hydrogen-bond donors (Lipinski definition) is 0. The zero-order valence-electron chi connectivity index (χ0n) is 19.9. The van der Waals surface area contributed by atoms with E-state index in [1.165, 1.54) is 12.1 Å². The molecule has 2 bridgehead atoms.